The van der Waals surface area contributed by atoms with Crippen LogP contribution < -0.4 is 18.9 Å². The van der Waals surface area contributed by atoms with Crippen LogP contribution in [0.4, 0.5) is 0 Å². The molecule has 4 rings (SSSR count). The molecule has 2 aliphatic rings. The minimum absolute atomic E-state index is 0.185. The number of hydrogen-bond donors (Lipinski definition) is 0. The van der Waals surface area contributed by atoms with Gasteiger partial charge in [0, 0.05) is 38.6 Å². The van der Waals surface area contributed by atoms with E-state index >= 15 is 0 Å². The number of cyclic esters (lactones) is 1. The molecule has 0 aliphatic carbocycles. The lowest BCUT2D eigenvalue weighted by Gasteiger charge is -2.24. The van der Waals surface area contributed by atoms with Gasteiger partial charge in [-0.3, -0.25) is 0 Å². The van der Waals surface area contributed by atoms with Gasteiger partial charge in [-0.05, 0) is 57.3 Å². The maximum atomic E-state index is 12.9. The fourth-order valence-corrected chi connectivity index (χ4v) is 4.99. The molecule has 0 radical (unpaired) electrons. The molecule has 0 N–H and O–H groups in total. The zero-order valence-electron chi connectivity index (χ0n) is 24.1. The quantitative estimate of drug-likeness (QED) is 0.490. The second kappa shape index (κ2) is 15.4. The Kier molecular flexibility index (Phi) is 11.4. The Morgan fingerprint density at radius 1 is 0.829 bits per heavy atom. The summed E-state index contributed by atoms with van der Waals surface area (Å²) >= 11 is 0. The van der Waals surface area contributed by atoms with Gasteiger partial charge in [0.2, 0.25) is 5.75 Å². The summed E-state index contributed by atoms with van der Waals surface area (Å²) in [4.78, 5) is 38.6. The molecule has 12 nitrogen and oxygen atoms in total. The van der Waals surface area contributed by atoms with Gasteiger partial charge in [-0.2, -0.15) is 0 Å². The molecule has 1 saturated heterocycles. The number of benzene rings is 1. The minimum atomic E-state index is -0.475. The average molecular weight is 573 g/mol. The second-order valence-electron chi connectivity index (χ2n) is 10.0. The van der Waals surface area contributed by atoms with Crippen LogP contribution in [0.5, 0.6) is 23.3 Å². The largest absolute Gasteiger partial charge is 0.493 e. The molecule has 2 aromatic rings. The first-order valence-electron chi connectivity index (χ1n) is 14.1. The minimum Gasteiger partial charge on any atom is -0.493 e. The molecular formula is C29H40N4O8. The van der Waals surface area contributed by atoms with Crippen molar-refractivity contribution in [2.45, 2.75) is 38.2 Å². The van der Waals surface area contributed by atoms with Gasteiger partial charge in [-0.25, -0.2) is 19.6 Å². The number of aromatic nitrogens is 2. The van der Waals surface area contributed by atoms with E-state index in [0.29, 0.717) is 55.3 Å². The molecule has 1 fully saturated rings. The molecule has 1 aromatic carbocycles. The van der Waals surface area contributed by atoms with E-state index in [9.17, 15) is 9.59 Å². The Bertz CT molecular complexity index is 1150. The lowest BCUT2D eigenvalue weighted by Crippen LogP contribution is -2.34. The van der Waals surface area contributed by atoms with Gasteiger partial charge in [-0.15, -0.1) is 0 Å². The Morgan fingerprint density at radius 2 is 1.54 bits per heavy atom. The Balaban J connectivity index is 1.50. The summed E-state index contributed by atoms with van der Waals surface area (Å²) in [5.41, 5.74) is 0.595. The standard InChI is InChI=1S/C29H40N4O8/c1-36-24-17-21-18-25(26(24)37-2)39-15-4-7-23(41-28(35)22-19-30-29(38-3)31-20-22)8-12-33-10-5-9-32(13-14-33)11-6-16-40-27(21)34/h17-20,23H,4-16H2,1-3H3. The van der Waals surface area contributed by atoms with Gasteiger partial charge in [0.05, 0.1) is 45.7 Å². The number of esters is 2. The van der Waals surface area contributed by atoms with Crippen molar-refractivity contribution in [2.75, 3.05) is 73.8 Å². The summed E-state index contributed by atoms with van der Waals surface area (Å²) < 4.78 is 33.5. The Morgan fingerprint density at radius 3 is 2.24 bits per heavy atom. The number of rotatable bonds is 5. The SMILES string of the molecule is COc1ncc(C(=O)OC2CCCOc3cc(cc(OC)c3OC)C(=O)OCCCN3CCCN(CC2)CC3)cn1. The molecule has 4 bridgehead atoms. The molecule has 2 aliphatic heterocycles. The van der Waals surface area contributed by atoms with Crippen LogP contribution in [0.2, 0.25) is 0 Å². The van der Waals surface area contributed by atoms with Crippen molar-refractivity contribution in [3.63, 3.8) is 0 Å². The summed E-state index contributed by atoms with van der Waals surface area (Å²) in [7, 11) is 4.49. The second-order valence-corrected chi connectivity index (χ2v) is 10.0. The highest BCUT2D eigenvalue weighted by molar-refractivity contribution is 5.91. The zero-order valence-corrected chi connectivity index (χ0v) is 24.1. The molecule has 3 unspecified atom stereocenters. The van der Waals surface area contributed by atoms with Gasteiger partial charge in [0.15, 0.2) is 11.5 Å². The molecular weight excluding hydrogens is 532 g/mol. The van der Waals surface area contributed by atoms with E-state index < -0.39 is 11.9 Å². The molecule has 0 saturated carbocycles. The van der Waals surface area contributed by atoms with Crippen LogP contribution in [0.15, 0.2) is 24.5 Å². The predicted octanol–water partition coefficient (Wildman–Crippen LogP) is 2.85. The molecule has 0 amide bonds. The van der Waals surface area contributed by atoms with Crippen molar-refractivity contribution in [1.29, 1.82) is 0 Å². The third kappa shape index (κ3) is 8.67. The topological polar surface area (TPSA) is 122 Å². The van der Waals surface area contributed by atoms with Crippen molar-refractivity contribution < 1.29 is 38.0 Å². The normalized spacial score (nSPS) is 22.5. The first-order chi connectivity index (χ1) is 20.0. The van der Waals surface area contributed by atoms with E-state index in [0.717, 1.165) is 52.1 Å². The van der Waals surface area contributed by atoms with Crippen LogP contribution in [0, 0.1) is 0 Å². The highest BCUT2D eigenvalue weighted by atomic mass is 16.5. The van der Waals surface area contributed by atoms with Crippen molar-refractivity contribution in [1.82, 2.24) is 19.8 Å². The number of carbonyl (C=O) groups is 2. The van der Waals surface area contributed by atoms with Crippen LogP contribution in [-0.4, -0.2) is 112 Å². The third-order valence-corrected chi connectivity index (χ3v) is 7.23. The average Bonchev–Trinajstić information content (AvgIpc) is 3.24. The first kappa shape index (κ1) is 30.3. The molecule has 12 heteroatoms. The molecule has 3 atom stereocenters. The van der Waals surface area contributed by atoms with E-state index in [-0.39, 0.29) is 17.7 Å². The Labute approximate surface area is 240 Å². The van der Waals surface area contributed by atoms with Crippen molar-refractivity contribution in [2.24, 2.45) is 0 Å². The predicted molar refractivity (Wildman–Crippen MR) is 149 cm³/mol. The van der Waals surface area contributed by atoms with Gasteiger partial charge < -0.3 is 38.2 Å². The van der Waals surface area contributed by atoms with Gasteiger partial charge >= 0.3 is 17.9 Å². The van der Waals surface area contributed by atoms with E-state index in [4.69, 9.17) is 28.4 Å². The van der Waals surface area contributed by atoms with Crippen LogP contribution in [-0.2, 0) is 9.47 Å². The van der Waals surface area contributed by atoms with Gasteiger partial charge in [0.25, 0.3) is 0 Å². The summed E-state index contributed by atoms with van der Waals surface area (Å²) in [5, 5.41) is 0. The van der Waals surface area contributed by atoms with Gasteiger partial charge in [-0.1, -0.05) is 0 Å². The molecule has 1 aromatic heterocycles. The highest BCUT2D eigenvalue weighted by Crippen LogP contribution is 2.39. The lowest BCUT2D eigenvalue weighted by molar-refractivity contribution is 0.0220. The third-order valence-electron chi connectivity index (χ3n) is 7.23. The lowest BCUT2D eigenvalue weighted by atomic mass is 10.1. The number of methoxy groups -OCH3 is 3. The maximum Gasteiger partial charge on any atom is 0.341 e. The van der Waals surface area contributed by atoms with E-state index in [1.54, 1.807) is 12.1 Å². The van der Waals surface area contributed by atoms with Crippen LogP contribution in [0.1, 0.15) is 52.8 Å². The fourth-order valence-electron chi connectivity index (χ4n) is 4.99. The zero-order chi connectivity index (χ0) is 29.0. The smallest absolute Gasteiger partial charge is 0.341 e. The van der Waals surface area contributed by atoms with Crippen molar-refractivity contribution >= 4 is 11.9 Å². The van der Waals surface area contributed by atoms with Crippen LogP contribution >= 0.6 is 0 Å². The number of nitrogens with zero attached hydrogens (tertiary/aromatic N) is 4. The number of carbonyl (C=O) groups excluding carboxylic acids is 2. The first-order valence-corrected chi connectivity index (χ1v) is 14.1. The van der Waals surface area contributed by atoms with Crippen molar-refractivity contribution in [3.05, 3.63) is 35.7 Å². The molecule has 3 heterocycles. The van der Waals surface area contributed by atoms with E-state index in [2.05, 4.69) is 19.8 Å². The number of ether oxygens (including phenoxy) is 6. The summed E-state index contributed by atoms with van der Waals surface area (Å²) in [6, 6.07) is 3.39. The molecule has 41 heavy (non-hydrogen) atoms. The molecule has 224 valence electrons. The van der Waals surface area contributed by atoms with E-state index in [1.807, 2.05) is 0 Å². The van der Waals surface area contributed by atoms with Crippen LogP contribution in [0.25, 0.3) is 0 Å². The monoisotopic (exact) mass is 572 g/mol. The number of fused-ring (bicyclic) bond motifs is 5. The van der Waals surface area contributed by atoms with Crippen molar-refractivity contribution in [3.8, 4) is 23.3 Å². The summed E-state index contributed by atoms with van der Waals surface area (Å²) in [5.74, 6) is 0.241. The fraction of sp³-hybridized carbons (Fsp3) is 0.586. The highest BCUT2D eigenvalue weighted by Gasteiger charge is 2.22. The van der Waals surface area contributed by atoms with Crippen LogP contribution in [0.3, 0.4) is 0 Å². The molecule has 0 spiro atoms. The summed E-state index contributed by atoms with van der Waals surface area (Å²) in [6.07, 6.45) is 6.16. The maximum absolute atomic E-state index is 12.9. The summed E-state index contributed by atoms with van der Waals surface area (Å²) in [6.45, 7) is 6.17. The Hall–Kier alpha value is -3.64. The van der Waals surface area contributed by atoms with Gasteiger partial charge in [0.1, 0.15) is 6.10 Å². The van der Waals surface area contributed by atoms with E-state index in [1.165, 1.54) is 33.7 Å². The number of hydrogen-bond acceptors (Lipinski definition) is 12.